The van der Waals surface area contributed by atoms with Crippen molar-refractivity contribution in [1.82, 2.24) is 9.88 Å². The molecule has 0 atom stereocenters. The number of ether oxygens (including phenoxy) is 1. The van der Waals surface area contributed by atoms with Crippen LogP contribution in [0.2, 0.25) is 0 Å². The molecule has 1 aromatic heterocycles. The topological polar surface area (TPSA) is 65.9 Å². The van der Waals surface area contributed by atoms with Crippen LogP contribution in [-0.2, 0) is 4.74 Å². The maximum absolute atomic E-state index is 13.1. The van der Waals surface area contributed by atoms with Gasteiger partial charge in [-0.1, -0.05) is 12.1 Å². The van der Waals surface area contributed by atoms with Gasteiger partial charge in [-0.2, -0.15) is 0 Å². The van der Waals surface area contributed by atoms with Crippen molar-refractivity contribution in [1.29, 1.82) is 0 Å². The first-order chi connectivity index (χ1) is 13.2. The zero-order chi connectivity index (χ0) is 18.6. The molecule has 142 valence electrons. The van der Waals surface area contributed by atoms with Gasteiger partial charge in [0.2, 0.25) is 0 Å². The number of amides is 1. The van der Waals surface area contributed by atoms with Crippen LogP contribution in [0.15, 0.2) is 42.6 Å². The number of carbonyl (C=O) groups is 1. The molecule has 1 aromatic carbocycles. The Morgan fingerprint density at radius 1 is 1.04 bits per heavy atom. The molecule has 1 N–H and O–H groups in total. The average molecular weight is 367 g/mol. The van der Waals surface area contributed by atoms with Gasteiger partial charge in [-0.05, 0) is 48.6 Å². The Kier molecular flexibility index (Phi) is 5.25. The quantitative estimate of drug-likeness (QED) is 0.903. The lowest BCUT2D eigenvalue weighted by Gasteiger charge is -2.34. The van der Waals surface area contributed by atoms with Crippen molar-refractivity contribution in [2.75, 3.05) is 44.3 Å². The van der Waals surface area contributed by atoms with E-state index in [-0.39, 0.29) is 5.91 Å². The number of rotatable bonds is 3. The molecule has 2 aromatic rings. The summed E-state index contributed by atoms with van der Waals surface area (Å²) in [6.45, 7) is 4.34. The van der Waals surface area contributed by atoms with Crippen LogP contribution in [0.3, 0.4) is 0 Å². The standard InChI is InChI=1S/C21H25N3O3/c25-18-5-3-16(4-6-18)17-7-10-24(11-8-17)21(26)19-2-1-9-22-20(19)23-12-14-27-15-13-23/h1-6,9,17,25H,7-8,10-15H2. The summed E-state index contributed by atoms with van der Waals surface area (Å²) < 4.78 is 5.42. The van der Waals surface area contributed by atoms with Crippen LogP contribution in [0.1, 0.15) is 34.7 Å². The van der Waals surface area contributed by atoms with Crippen LogP contribution < -0.4 is 4.90 Å². The fraction of sp³-hybridized carbons (Fsp3) is 0.429. The Balaban J connectivity index is 1.44. The van der Waals surface area contributed by atoms with E-state index in [1.165, 1.54) is 5.56 Å². The maximum Gasteiger partial charge on any atom is 0.257 e. The molecule has 2 aliphatic rings. The van der Waals surface area contributed by atoms with Crippen molar-refractivity contribution in [2.45, 2.75) is 18.8 Å². The molecule has 0 spiro atoms. The maximum atomic E-state index is 13.1. The highest BCUT2D eigenvalue weighted by atomic mass is 16.5. The van der Waals surface area contributed by atoms with E-state index in [0.717, 1.165) is 44.8 Å². The molecule has 0 saturated carbocycles. The summed E-state index contributed by atoms with van der Waals surface area (Å²) in [6, 6.07) is 11.1. The van der Waals surface area contributed by atoms with E-state index in [2.05, 4.69) is 9.88 Å². The first-order valence-electron chi connectivity index (χ1n) is 9.58. The van der Waals surface area contributed by atoms with Crippen LogP contribution in [0.4, 0.5) is 5.82 Å². The van der Waals surface area contributed by atoms with Gasteiger partial charge in [0.05, 0.1) is 18.8 Å². The zero-order valence-electron chi connectivity index (χ0n) is 15.4. The molecule has 0 aliphatic carbocycles. The smallest absolute Gasteiger partial charge is 0.257 e. The molecule has 6 nitrogen and oxygen atoms in total. The Labute approximate surface area is 159 Å². The molecule has 4 rings (SSSR count). The number of piperidine rings is 1. The predicted molar refractivity (Wildman–Crippen MR) is 103 cm³/mol. The summed E-state index contributed by atoms with van der Waals surface area (Å²) >= 11 is 0. The second-order valence-corrected chi connectivity index (χ2v) is 7.13. The monoisotopic (exact) mass is 367 g/mol. The molecular weight excluding hydrogens is 342 g/mol. The van der Waals surface area contributed by atoms with Crippen molar-refractivity contribution in [3.63, 3.8) is 0 Å². The van der Waals surface area contributed by atoms with Gasteiger partial charge in [0.25, 0.3) is 5.91 Å². The third-order valence-corrected chi connectivity index (χ3v) is 5.47. The van der Waals surface area contributed by atoms with Gasteiger partial charge < -0.3 is 19.6 Å². The highest BCUT2D eigenvalue weighted by Crippen LogP contribution is 2.30. The van der Waals surface area contributed by atoms with Gasteiger partial charge in [0.1, 0.15) is 11.6 Å². The van der Waals surface area contributed by atoms with Crippen molar-refractivity contribution in [3.8, 4) is 5.75 Å². The molecule has 1 amide bonds. The lowest BCUT2D eigenvalue weighted by atomic mass is 9.89. The van der Waals surface area contributed by atoms with Crippen molar-refractivity contribution in [2.24, 2.45) is 0 Å². The number of benzene rings is 1. The fourth-order valence-electron chi connectivity index (χ4n) is 3.92. The molecule has 27 heavy (non-hydrogen) atoms. The van der Waals surface area contributed by atoms with E-state index in [1.807, 2.05) is 29.2 Å². The minimum atomic E-state index is 0.0637. The molecule has 2 fully saturated rings. The number of likely N-dealkylation sites (tertiary alicyclic amines) is 1. The van der Waals surface area contributed by atoms with Crippen LogP contribution in [-0.4, -0.2) is 60.3 Å². The average Bonchev–Trinajstić information content (AvgIpc) is 2.74. The minimum absolute atomic E-state index is 0.0637. The van der Waals surface area contributed by atoms with E-state index in [4.69, 9.17) is 4.74 Å². The number of phenolic OH excluding ortho intramolecular Hbond substituents is 1. The summed E-state index contributed by atoms with van der Waals surface area (Å²) in [5.74, 6) is 1.56. The summed E-state index contributed by atoms with van der Waals surface area (Å²) in [5, 5.41) is 9.46. The molecular formula is C21H25N3O3. The van der Waals surface area contributed by atoms with Crippen LogP contribution in [0.5, 0.6) is 5.75 Å². The van der Waals surface area contributed by atoms with Crippen molar-refractivity contribution < 1.29 is 14.6 Å². The number of hydrogen-bond donors (Lipinski definition) is 1. The van der Waals surface area contributed by atoms with Crippen molar-refractivity contribution >= 4 is 11.7 Å². The Bertz CT molecular complexity index is 780. The summed E-state index contributed by atoms with van der Waals surface area (Å²) in [4.78, 5) is 21.7. The van der Waals surface area contributed by atoms with E-state index in [9.17, 15) is 9.90 Å². The first kappa shape index (κ1) is 17.8. The van der Waals surface area contributed by atoms with Crippen LogP contribution in [0, 0.1) is 0 Å². The largest absolute Gasteiger partial charge is 0.508 e. The summed E-state index contributed by atoms with van der Waals surface area (Å²) in [6.07, 6.45) is 3.62. The van der Waals surface area contributed by atoms with Gasteiger partial charge in [0, 0.05) is 32.4 Å². The fourth-order valence-corrected chi connectivity index (χ4v) is 3.92. The number of aromatic hydroxyl groups is 1. The Morgan fingerprint density at radius 3 is 2.44 bits per heavy atom. The molecule has 2 aliphatic heterocycles. The number of nitrogens with zero attached hydrogens (tertiary/aromatic N) is 3. The number of anilines is 1. The van der Waals surface area contributed by atoms with Gasteiger partial charge in [-0.25, -0.2) is 4.98 Å². The van der Waals surface area contributed by atoms with Crippen molar-refractivity contribution in [3.05, 3.63) is 53.7 Å². The molecule has 6 heteroatoms. The minimum Gasteiger partial charge on any atom is -0.508 e. The highest BCUT2D eigenvalue weighted by Gasteiger charge is 2.27. The normalized spacial score (nSPS) is 18.5. The number of aromatic nitrogens is 1. The molecule has 3 heterocycles. The molecule has 0 bridgehead atoms. The third kappa shape index (κ3) is 3.90. The Hall–Kier alpha value is -2.60. The highest BCUT2D eigenvalue weighted by molar-refractivity contribution is 5.99. The van der Waals surface area contributed by atoms with Gasteiger partial charge in [-0.15, -0.1) is 0 Å². The number of pyridine rings is 1. The first-order valence-corrected chi connectivity index (χ1v) is 9.58. The summed E-state index contributed by atoms with van der Waals surface area (Å²) in [7, 11) is 0. The van der Waals surface area contributed by atoms with Gasteiger partial charge in [-0.3, -0.25) is 4.79 Å². The third-order valence-electron chi connectivity index (χ3n) is 5.47. The number of carbonyl (C=O) groups excluding carboxylic acids is 1. The SMILES string of the molecule is O=C(c1cccnc1N1CCOCC1)N1CCC(c2ccc(O)cc2)CC1. The number of phenols is 1. The van der Waals surface area contributed by atoms with E-state index >= 15 is 0 Å². The van der Waals surface area contributed by atoms with E-state index < -0.39 is 0 Å². The predicted octanol–water partition coefficient (Wildman–Crippen LogP) is 2.64. The number of hydrogen-bond acceptors (Lipinski definition) is 5. The van der Waals surface area contributed by atoms with E-state index in [1.54, 1.807) is 18.3 Å². The Morgan fingerprint density at radius 2 is 1.74 bits per heavy atom. The lowest BCUT2D eigenvalue weighted by Crippen LogP contribution is -2.41. The molecule has 0 radical (unpaired) electrons. The van der Waals surface area contributed by atoms with Gasteiger partial charge in [0.15, 0.2) is 0 Å². The summed E-state index contributed by atoms with van der Waals surface area (Å²) in [5.41, 5.74) is 1.91. The second-order valence-electron chi connectivity index (χ2n) is 7.13. The number of morpholine rings is 1. The lowest BCUT2D eigenvalue weighted by molar-refractivity contribution is 0.0712. The molecule has 2 saturated heterocycles. The van der Waals surface area contributed by atoms with Gasteiger partial charge >= 0.3 is 0 Å². The zero-order valence-corrected chi connectivity index (χ0v) is 15.4. The second kappa shape index (κ2) is 7.96. The van der Waals surface area contributed by atoms with Crippen LogP contribution in [0.25, 0.3) is 0 Å². The molecule has 0 unspecified atom stereocenters. The van der Waals surface area contributed by atoms with E-state index in [0.29, 0.717) is 30.4 Å². The van der Waals surface area contributed by atoms with Crippen LogP contribution >= 0.6 is 0 Å².